The fourth-order valence-electron chi connectivity index (χ4n) is 3.99. The maximum absolute atomic E-state index is 5.36. The van der Waals surface area contributed by atoms with Crippen LogP contribution in [0.2, 0.25) is 0 Å². The Hall–Kier alpha value is -3.49. The molecule has 0 aliphatic carbocycles. The van der Waals surface area contributed by atoms with Crippen molar-refractivity contribution < 1.29 is 4.74 Å². The number of hydrogen-bond donors (Lipinski definition) is 0. The largest absolute Gasteiger partial charge is 0.467 e. The number of imidazole rings is 1. The van der Waals surface area contributed by atoms with Crippen LogP contribution in [0, 0.1) is 6.92 Å². The van der Waals surface area contributed by atoms with E-state index in [4.69, 9.17) is 9.72 Å². The summed E-state index contributed by atoms with van der Waals surface area (Å²) in [7, 11) is 3.66. The lowest BCUT2D eigenvalue weighted by molar-refractivity contribution is 0.376. The molecule has 0 saturated carbocycles. The van der Waals surface area contributed by atoms with E-state index in [1.807, 2.05) is 25.1 Å². The Morgan fingerprint density at radius 1 is 1.07 bits per heavy atom. The van der Waals surface area contributed by atoms with Crippen LogP contribution in [0.5, 0.6) is 6.01 Å². The van der Waals surface area contributed by atoms with Gasteiger partial charge in [-0.3, -0.25) is 0 Å². The number of benzene rings is 1. The van der Waals surface area contributed by atoms with Gasteiger partial charge < -0.3 is 14.2 Å². The number of rotatable bonds is 5. The summed E-state index contributed by atoms with van der Waals surface area (Å²) in [6.07, 6.45) is 0.765. The minimum atomic E-state index is 0.323. The van der Waals surface area contributed by atoms with E-state index in [2.05, 4.69) is 55.6 Å². The number of aryl methyl sites for hydroxylation is 3. The molecule has 1 aliphatic rings. The Morgan fingerprint density at radius 2 is 1.83 bits per heavy atom. The van der Waals surface area contributed by atoms with E-state index in [1.54, 1.807) is 11.8 Å². The first-order chi connectivity index (χ1) is 14.6. The van der Waals surface area contributed by atoms with Crippen LogP contribution in [0.3, 0.4) is 0 Å². The van der Waals surface area contributed by atoms with E-state index in [1.165, 1.54) is 0 Å². The number of methoxy groups -OCH3 is 1. The average Bonchev–Trinajstić information content (AvgIpc) is 3.27. The third-order valence-corrected chi connectivity index (χ3v) is 5.57. The zero-order valence-electron chi connectivity index (χ0n) is 17.6. The van der Waals surface area contributed by atoms with Crippen LogP contribution in [0.15, 0.2) is 30.3 Å². The summed E-state index contributed by atoms with van der Waals surface area (Å²) < 4.78 is 9.32. The molecule has 0 unspecified atom stereocenters. The fourth-order valence-corrected chi connectivity index (χ4v) is 3.99. The highest BCUT2D eigenvalue weighted by Gasteiger charge is 2.33. The lowest BCUT2D eigenvalue weighted by Crippen LogP contribution is -2.46. The Morgan fingerprint density at radius 3 is 2.57 bits per heavy atom. The number of hydrogen-bond acceptors (Lipinski definition) is 7. The summed E-state index contributed by atoms with van der Waals surface area (Å²) in [5.74, 6) is 4.53. The van der Waals surface area contributed by atoms with Crippen molar-refractivity contribution in [3.63, 3.8) is 0 Å². The van der Waals surface area contributed by atoms with Crippen LogP contribution in [0.1, 0.15) is 30.3 Å². The minimum Gasteiger partial charge on any atom is -0.467 e. The van der Waals surface area contributed by atoms with Crippen molar-refractivity contribution in [2.45, 2.75) is 26.2 Å². The molecule has 9 nitrogen and oxygen atoms in total. The highest BCUT2D eigenvalue weighted by atomic mass is 16.5. The molecule has 0 amide bonds. The lowest BCUT2D eigenvalue weighted by atomic mass is 9.99. The van der Waals surface area contributed by atoms with E-state index >= 15 is 0 Å². The van der Waals surface area contributed by atoms with Crippen molar-refractivity contribution in [1.29, 1.82) is 0 Å². The van der Waals surface area contributed by atoms with Crippen LogP contribution < -0.4 is 9.64 Å². The number of para-hydroxylation sites is 2. The Balaban J connectivity index is 1.43. The van der Waals surface area contributed by atoms with Crippen molar-refractivity contribution in [2.75, 3.05) is 25.1 Å². The first-order valence-corrected chi connectivity index (χ1v) is 10.1. The quantitative estimate of drug-likeness (QED) is 0.505. The molecule has 1 aliphatic heterocycles. The molecule has 0 spiro atoms. The summed E-state index contributed by atoms with van der Waals surface area (Å²) in [5.41, 5.74) is 2.19. The first-order valence-electron chi connectivity index (χ1n) is 10.1. The first kappa shape index (κ1) is 18.5. The maximum Gasteiger partial charge on any atom is 0.320 e. The predicted molar refractivity (Wildman–Crippen MR) is 113 cm³/mol. The molecule has 1 fully saturated rings. The van der Waals surface area contributed by atoms with Gasteiger partial charge in [0.05, 0.1) is 24.1 Å². The molecule has 0 radical (unpaired) electrons. The van der Waals surface area contributed by atoms with E-state index in [0.717, 1.165) is 53.8 Å². The number of ether oxygens (including phenoxy) is 1. The summed E-state index contributed by atoms with van der Waals surface area (Å²) in [6.45, 7) is 5.61. The molecule has 154 valence electrons. The molecule has 0 bridgehead atoms. The second kappa shape index (κ2) is 7.08. The van der Waals surface area contributed by atoms with Crippen LogP contribution >= 0.6 is 0 Å². The summed E-state index contributed by atoms with van der Waals surface area (Å²) in [6, 6.07) is 10.5. The van der Waals surface area contributed by atoms with Gasteiger partial charge in [0.15, 0.2) is 5.82 Å². The van der Waals surface area contributed by atoms with Crippen LogP contribution in [0.4, 0.5) is 5.82 Å². The van der Waals surface area contributed by atoms with Gasteiger partial charge in [-0.2, -0.15) is 14.6 Å². The van der Waals surface area contributed by atoms with E-state index in [9.17, 15) is 0 Å². The van der Waals surface area contributed by atoms with Crippen LogP contribution in [0.25, 0.3) is 16.9 Å². The topological polar surface area (TPSA) is 86.8 Å². The number of fused-ring (bicyclic) bond motifs is 1. The number of nitrogens with zero attached hydrogens (tertiary/aromatic N) is 8. The van der Waals surface area contributed by atoms with Crippen molar-refractivity contribution in [3.05, 3.63) is 47.8 Å². The highest BCUT2D eigenvalue weighted by Crippen LogP contribution is 2.33. The molecule has 1 saturated heterocycles. The summed E-state index contributed by atoms with van der Waals surface area (Å²) >= 11 is 0. The van der Waals surface area contributed by atoms with Gasteiger partial charge in [0, 0.05) is 32.6 Å². The van der Waals surface area contributed by atoms with Crippen molar-refractivity contribution in [1.82, 2.24) is 34.3 Å². The highest BCUT2D eigenvalue weighted by molar-refractivity contribution is 5.76. The Kier molecular flexibility index (Phi) is 4.38. The monoisotopic (exact) mass is 404 g/mol. The fraction of sp³-hybridized carbons (Fsp3) is 0.381. The van der Waals surface area contributed by atoms with Crippen molar-refractivity contribution >= 4 is 16.9 Å². The van der Waals surface area contributed by atoms with Crippen LogP contribution in [-0.4, -0.2) is 54.5 Å². The number of aromatic nitrogens is 7. The second-order valence-corrected chi connectivity index (χ2v) is 7.53. The second-order valence-electron chi connectivity index (χ2n) is 7.53. The maximum atomic E-state index is 5.36. The zero-order chi connectivity index (χ0) is 20.8. The average molecular weight is 404 g/mol. The van der Waals surface area contributed by atoms with Gasteiger partial charge in [0.25, 0.3) is 0 Å². The molecule has 4 heterocycles. The Bertz CT molecular complexity index is 1220. The smallest absolute Gasteiger partial charge is 0.320 e. The molecule has 4 aromatic rings. The van der Waals surface area contributed by atoms with Crippen LogP contribution in [-0.2, 0) is 13.5 Å². The van der Waals surface area contributed by atoms with Gasteiger partial charge in [-0.05, 0) is 19.1 Å². The standard InChI is InChI=1S/C21H24N8O/c1-5-17-22-13(2)26-29(17)19-10-18(24-21(25-19)30-4)28-11-14(12-28)20-23-15-8-6-7-9-16(15)27(20)3/h6-10,14H,5,11-12H2,1-4H3. The van der Waals surface area contributed by atoms with Gasteiger partial charge in [0.2, 0.25) is 0 Å². The van der Waals surface area contributed by atoms with E-state index in [0.29, 0.717) is 17.7 Å². The lowest BCUT2D eigenvalue weighted by Gasteiger charge is -2.39. The molecule has 9 heteroatoms. The van der Waals surface area contributed by atoms with Gasteiger partial charge in [-0.25, -0.2) is 9.97 Å². The normalized spacial score (nSPS) is 14.3. The third-order valence-electron chi connectivity index (χ3n) is 5.57. The summed E-state index contributed by atoms with van der Waals surface area (Å²) in [5, 5.41) is 4.50. The van der Waals surface area contributed by atoms with E-state index < -0.39 is 0 Å². The molecule has 3 aromatic heterocycles. The molecular formula is C21H24N8O. The minimum absolute atomic E-state index is 0.323. The molecule has 1 aromatic carbocycles. The molecule has 0 N–H and O–H groups in total. The Labute approximate surface area is 174 Å². The molecule has 5 rings (SSSR count). The summed E-state index contributed by atoms with van der Waals surface area (Å²) in [4.78, 5) is 20.6. The van der Waals surface area contributed by atoms with Gasteiger partial charge in [-0.1, -0.05) is 19.1 Å². The molecule has 0 atom stereocenters. The molecular weight excluding hydrogens is 380 g/mol. The van der Waals surface area contributed by atoms with Crippen molar-refractivity contribution in [2.24, 2.45) is 7.05 Å². The zero-order valence-corrected chi connectivity index (χ0v) is 17.6. The SMILES string of the molecule is CCc1nc(C)nn1-c1cc(N2CC(c3nc4ccccc4n3C)C2)nc(OC)n1. The van der Waals surface area contributed by atoms with Crippen molar-refractivity contribution in [3.8, 4) is 11.8 Å². The third kappa shape index (κ3) is 2.97. The molecule has 30 heavy (non-hydrogen) atoms. The van der Waals surface area contributed by atoms with Gasteiger partial charge in [0.1, 0.15) is 23.3 Å². The predicted octanol–water partition coefficient (Wildman–Crippen LogP) is 2.43. The number of anilines is 1. The van der Waals surface area contributed by atoms with E-state index in [-0.39, 0.29) is 0 Å². The van der Waals surface area contributed by atoms with Gasteiger partial charge >= 0.3 is 6.01 Å². The van der Waals surface area contributed by atoms with Gasteiger partial charge in [-0.15, -0.1) is 5.10 Å².